The van der Waals surface area contributed by atoms with E-state index in [1.807, 2.05) is 11.8 Å². The maximum Gasteiger partial charge on any atom is 0.329 e. The van der Waals surface area contributed by atoms with E-state index in [1.54, 1.807) is 11.8 Å². The van der Waals surface area contributed by atoms with Gasteiger partial charge in [0.25, 0.3) is 0 Å². The average molecular weight is 282 g/mol. The van der Waals surface area contributed by atoms with E-state index >= 15 is 0 Å². The molecular weight excluding hydrogens is 256 g/mol. The van der Waals surface area contributed by atoms with Crippen molar-refractivity contribution in [1.29, 1.82) is 0 Å². The van der Waals surface area contributed by atoms with Crippen LogP contribution in [0.15, 0.2) is 0 Å². The van der Waals surface area contributed by atoms with E-state index in [0.29, 0.717) is 25.6 Å². The van der Waals surface area contributed by atoms with Gasteiger partial charge in [-0.15, -0.1) is 0 Å². The predicted octanol–water partition coefficient (Wildman–Crippen LogP) is 2.70. The lowest BCUT2D eigenvalue weighted by Gasteiger charge is -2.44. The molecule has 5 heteroatoms. The summed E-state index contributed by atoms with van der Waals surface area (Å²) in [5, 5.41) is 9.52. The molecule has 1 atom stereocenters. The summed E-state index contributed by atoms with van der Waals surface area (Å²) in [7, 11) is 0. The number of carboxylic acids is 1. The van der Waals surface area contributed by atoms with Gasteiger partial charge in [0.15, 0.2) is 0 Å². The van der Waals surface area contributed by atoms with Crippen LogP contribution in [-0.4, -0.2) is 51.6 Å². The smallest absolute Gasteiger partial charge is 0.329 e. The molecule has 20 heavy (non-hydrogen) atoms. The second kappa shape index (κ2) is 6.02. The molecule has 1 N–H and O–H groups in total. The Morgan fingerprint density at radius 3 is 2.45 bits per heavy atom. The number of hydrogen-bond donors (Lipinski definition) is 1. The topological polar surface area (TPSA) is 60.9 Å². The number of rotatable bonds is 3. The summed E-state index contributed by atoms with van der Waals surface area (Å²) in [5.41, 5.74) is -1.04. The van der Waals surface area contributed by atoms with Gasteiger partial charge in [-0.2, -0.15) is 0 Å². The monoisotopic (exact) mass is 282 g/mol. The van der Waals surface area contributed by atoms with Crippen LogP contribution >= 0.6 is 0 Å². The number of amides is 2. The Morgan fingerprint density at radius 1 is 1.25 bits per heavy atom. The Balaban J connectivity index is 2.17. The van der Waals surface area contributed by atoms with E-state index in [9.17, 15) is 14.7 Å². The number of nitrogens with zero attached hydrogens (tertiary/aromatic N) is 2. The van der Waals surface area contributed by atoms with Crippen LogP contribution in [0.1, 0.15) is 58.8 Å². The first-order valence-electron chi connectivity index (χ1n) is 7.82. The summed E-state index contributed by atoms with van der Waals surface area (Å²) in [6.07, 6.45) is 6.78. The largest absolute Gasteiger partial charge is 0.480 e. The van der Waals surface area contributed by atoms with Gasteiger partial charge in [0.2, 0.25) is 0 Å². The zero-order valence-electron chi connectivity index (χ0n) is 12.6. The van der Waals surface area contributed by atoms with E-state index in [0.717, 1.165) is 25.7 Å². The van der Waals surface area contributed by atoms with Crippen molar-refractivity contribution in [3.8, 4) is 0 Å². The van der Waals surface area contributed by atoms with E-state index in [4.69, 9.17) is 0 Å². The van der Waals surface area contributed by atoms with Gasteiger partial charge < -0.3 is 14.9 Å². The maximum absolute atomic E-state index is 12.8. The van der Waals surface area contributed by atoms with Crippen LogP contribution in [0.3, 0.4) is 0 Å². The minimum Gasteiger partial charge on any atom is -0.480 e. The van der Waals surface area contributed by atoms with E-state index < -0.39 is 11.5 Å². The third-order valence-electron chi connectivity index (χ3n) is 4.93. The van der Waals surface area contributed by atoms with Crippen LogP contribution in [0.4, 0.5) is 4.79 Å². The molecule has 114 valence electrons. The zero-order valence-corrected chi connectivity index (χ0v) is 12.6. The van der Waals surface area contributed by atoms with Gasteiger partial charge in [0, 0.05) is 19.1 Å². The molecule has 0 bridgehead atoms. The molecule has 2 aliphatic rings. The molecule has 1 aliphatic heterocycles. The first-order chi connectivity index (χ1) is 9.50. The lowest BCUT2D eigenvalue weighted by molar-refractivity contribution is -0.151. The number of piperidine rings is 1. The number of aliphatic carboxylic acids is 1. The number of likely N-dealkylation sites (tertiary alicyclic amines) is 1. The van der Waals surface area contributed by atoms with E-state index in [-0.39, 0.29) is 6.03 Å². The van der Waals surface area contributed by atoms with Gasteiger partial charge in [0.05, 0.1) is 0 Å². The van der Waals surface area contributed by atoms with Gasteiger partial charge in [-0.3, -0.25) is 0 Å². The van der Waals surface area contributed by atoms with Crippen molar-refractivity contribution >= 4 is 12.0 Å². The Kier molecular flexibility index (Phi) is 4.55. The molecule has 0 aromatic rings. The fourth-order valence-corrected chi connectivity index (χ4v) is 3.57. The van der Waals surface area contributed by atoms with Gasteiger partial charge in [-0.25, -0.2) is 9.59 Å². The number of carbonyl (C=O) groups excluding carboxylic acids is 1. The fourth-order valence-electron chi connectivity index (χ4n) is 3.57. The highest BCUT2D eigenvalue weighted by atomic mass is 16.4. The molecule has 1 saturated carbocycles. The molecule has 1 heterocycles. The molecule has 2 fully saturated rings. The summed E-state index contributed by atoms with van der Waals surface area (Å²) < 4.78 is 0. The molecule has 0 radical (unpaired) electrons. The number of hydrogen-bond acceptors (Lipinski definition) is 2. The second-order valence-electron chi connectivity index (χ2n) is 6.19. The first-order valence-corrected chi connectivity index (χ1v) is 7.82. The molecule has 5 nitrogen and oxygen atoms in total. The second-order valence-corrected chi connectivity index (χ2v) is 6.19. The Hall–Kier alpha value is -1.26. The van der Waals surface area contributed by atoms with Crippen molar-refractivity contribution in [2.24, 2.45) is 0 Å². The van der Waals surface area contributed by atoms with Crippen LogP contribution in [-0.2, 0) is 4.79 Å². The SMILES string of the molecule is CCN(C(=O)N1CCCCC1(C)C(=O)O)C1CCCC1. The highest BCUT2D eigenvalue weighted by molar-refractivity contribution is 5.86. The Labute approximate surface area is 120 Å². The number of carboxylic acid groups (broad SMARTS) is 1. The Morgan fingerprint density at radius 2 is 1.90 bits per heavy atom. The molecule has 1 saturated heterocycles. The number of carbonyl (C=O) groups is 2. The molecular formula is C15H26N2O3. The van der Waals surface area contributed by atoms with Crippen LogP contribution < -0.4 is 0 Å². The van der Waals surface area contributed by atoms with Crippen LogP contribution in [0, 0.1) is 0 Å². The Bertz CT molecular complexity index is 379. The standard InChI is InChI=1S/C15H26N2O3/c1-3-16(12-8-4-5-9-12)14(20)17-11-7-6-10-15(17,2)13(18)19/h12H,3-11H2,1-2H3,(H,18,19). The third kappa shape index (κ3) is 2.63. The summed E-state index contributed by atoms with van der Waals surface area (Å²) in [5.74, 6) is -0.881. The van der Waals surface area contributed by atoms with Crippen molar-refractivity contribution in [3.63, 3.8) is 0 Å². The highest BCUT2D eigenvalue weighted by Gasteiger charge is 2.45. The van der Waals surface area contributed by atoms with Crippen molar-refractivity contribution < 1.29 is 14.7 Å². The molecule has 2 rings (SSSR count). The molecule has 0 spiro atoms. The quantitative estimate of drug-likeness (QED) is 0.865. The summed E-state index contributed by atoms with van der Waals surface area (Å²) >= 11 is 0. The molecule has 2 amide bonds. The van der Waals surface area contributed by atoms with Crippen molar-refractivity contribution in [2.45, 2.75) is 70.4 Å². The minimum absolute atomic E-state index is 0.0796. The third-order valence-corrected chi connectivity index (χ3v) is 4.93. The highest BCUT2D eigenvalue weighted by Crippen LogP contribution is 2.31. The van der Waals surface area contributed by atoms with E-state index in [2.05, 4.69) is 0 Å². The van der Waals surface area contributed by atoms with E-state index in [1.165, 1.54) is 12.8 Å². The summed E-state index contributed by atoms with van der Waals surface area (Å²) in [6.45, 7) is 4.90. The van der Waals surface area contributed by atoms with Crippen LogP contribution in [0.25, 0.3) is 0 Å². The van der Waals surface area contributed by atoms with Gasteiger partial charge in [-0.1, -0.05) is 12.8 Å². The molecule has 1 unspecified atom stereocenters. The molecule has 0 aromatic heterocycles. The minimum atomic E-state index is -1.04. The predicted molar refractivity (Wildman–Crippen MR) is 76.6 cm³/mol. The van der Waals surface area contributed by atoms with Crippen molar-refractivity contribution in [2.75, 3.05) is 13.1 Å². The molecule has 1 aliphatic carbocycles. The summed E-state index contributed by atoms with van der Waals surface area (Å²) in [4.78, 5) is 27.9. The lowest BCUT2D eigenvalue weighted by Crippen LogP contribution is -2.61. The fraction of sp³-hybridized carbons (Fsp3) is 0.867. The van der Waals surface area contributed by atoms with Gasteiger partial charge >= 0.3 is 12.0 Å². The average Bonchev–Trinajstić information content (AvgIpc) is 2.93. The number of urea groups is 1. The van der Waals surface area contributed by atoms with Crippen LogP contribution in [0.2, 0.25) is 0 Å². The molecule has 0 aromatic carbocycles. The van der Waals surface area contributed by atoms with Crippen LogP contribution in [0.5, 0.6) is 0 Å². The summed E-state index contributed by atoms with van der Waals surface area (Å²) in [6, 6.07) is 0.219. The van der Waals surface area contributed by atoms with Crippen molar-refractivity contribution in [1.82, 2.24) is 9.80 Å². The zero-order chi connectivity index (χ0) is 14.8. The first kappa shape index (κ1) is 15.1. The van der Waals surface area contributed by atoms with Gasteiger partial charge in [-0.05, 0) is 46.0 Å². The lowest BCUT2D eigenvalue weighted by atomic mass is 9.88. The van der Waals surface area contributed by atoms with Gasteiger partial charge in [0.1, 0.15) is 5.54 Å². The van der Waals surface area contributed by atoms with Crippen molar-refractivity contribution in [3.05, 3.63) is 0 Å². The normalized spacial score (nSPS) is 27.6. The maximum atomic E-state index is 12.8.